The normalized spacial score (nSPS) is 15.8. The van der Waals surface area contributed by atoms with Crippen molar-refractivity contribution in [2.24, 2.45) is 0 Å². The monoisotopic (exact) mass is 739 g/mol. The molecule has 1 radical (unpaired) electrons. The van der Waals surface area contributed by atoms with E-state index < -0.39 is 0 Å². The van der Waals surface area contributed by atoms with Gasteiger partial charge < -0.3 is 14.3 Å². The number of para-hydroxylation sites is 2. The summed E-state index contributed by atoms with van der Waals surface area (Å²) >= 11 is 1.92. The number of aryl methyl sites for hydroxylation is 1. The van der Waals surface area contributed by atoms with E-state index in [0.717, 1.165) is 27.6 Å². The van der Waals surface area contributed by atoms with Crippen LogP contribution in [0.25, 0.3) is 75.0 Å². The van der Waals surface area contributed by atoms with Crippen molar-refractivity contribution in [2.45, 2.75) is 58.3 Å². The molecule has 0 saturated heterocycles. The summed E-state index contributed by atoms with van der Waals surface area (Å²) in [5.41, 5.74) is 15.9. The number of benzene rings is 7. The maximum Gasteiger partial charge on any atom is 0.206 e. The van der Waals surface area contributed by atoms with Crippen LogP contribution in [0.1, 0.15) is 57.2 Å². The summed E-state index contributed by atoms with van der Waals surface area (Å²) in [6.07, 6.45) is 2.36. The first-order valence-electron chi connectivity index (χ1n) is 19.9. The number of nitrogens with zero attached hydrogens (tertiary/aromatic N) is 1. The molecule has 56 heavy (non-hydrogen) atoms. The van der Waals surface area contributed by atoms with Gasteiger partial charge in [0, 0.05) is 43.2 Å². The maximum absolute atomic E-state index is 6.44. The second kappa shape index (κ2) is 11.2. The summed E-state index contributed by atoms with van der Waals surface area (Å²) in [4.78, 5) is 6.41. The second-order valence-electron chi connectivity index (χ2n) is 17.5. The minimum Gasteiger partial charge on any atom is -0.440 e. The topological polar surface area (TPSA) is 32.2 Å². The minimum atomic E-state index is 0.0728. The lowest BCUT2D eigenvalue weighted by Crippen LogP contribution is -2.41. The molecule has 3 nitrogen and oxygen atoms in total. The number of aromatic nitrogens is 1. The number of hydrogen-bond acceptors (Lipinski definition) is 3. The highest BCUT2D eigenvalue weighted by atomic mass is 32.1. The molecule has 3 aromatic heterocycles. The summed E-state index contributed by atoms with van der Waals surface area (Å²) in [7, 11) is 2.47. The molecule has 0 unspecified atom stereocenters. The number of hydrogen-bond donors (Lipinski definition) is 1. The summed E-state index contributed by atoms with van der Waals surface area (Å²) in [6, 6.07) is 45.2. The van der Waals surface area contributed by atoms with Gasteiger partial charge >= 0.3 is 0 Å². The van der Waals surface area contributed by atoms with Crippen LogP contribution in [0.3, 0.4) is 0 Å². The van der Waals surface area contributed by atoms with Crippen molar-refractivity contribution in [3.05, 3.63) is 138 Å². The summed E-state index contributed by atoms with van der Waals surface area (Å²) in [5, 5.41) is 8.56. The lowest BCUT2D eigenvalue weighted by atomic mass is 9.57. The Morgan fingerprint density at radius 2 is 1.39 bits per heavy atom. The predicted octanol–water partition coefficient (Wildman–Crippen LogP) is 13.4. The molecule has 0 spiro atoms. The Morgan fingerprint density at radius 1 is 0.679 bits per heavy atom. The van der Waals surface area contributed by atoms with Gasteiger partial charge in [0.2, 0.25) is 5.71 Å². The predicted molar refractivity (Wildman–Crippen MR) is 241 cm³/mol. The van der Waals surface area contributed by atoms with Gasteiger partial charge in [-0.3, -0.25) is 0 Å². The van der Waals surface area contributed by atoms with Crippen LogP contribution in [-0.2, 0) is 10.8 Å². The molecule has 0 bridgehead atoms. The Labute approximate surface area is 330 Å². The molecular formula is C51H40BN2OS. The standard InChI is InChI=1S/C51H40BN2OS/c1-28-25-36-37(51(4,5)24-23-50(36,2)3)27-39(28)54-40-26-29-13-6-7-14-30(29)43(34-17-12-18-35-44-33-16-8-10-19-41(33)55-49(44)53-46(34)35)45(40)52-38-22-21-32-31-15-9-11-20-42(31)56-48(32)47(38)54/h6-22,25-27,53H,23-24H2,1-5H3. The van der Waals surface area contributed by atoms with E-state index in [2.05, 4.69) is 167 Å². The number of anilines is 3. The van der Waals surface area contributed by atoms with Crippen molar-refractivity contribution in [2.75, 3.05) is 4.90 Å². The molecule has 1 N–H and O–H groups in total. The van der Waals surface area contributed by atoms with E-state index in [0.29, 0.717) is 0 Å². The van der Waals surface area contributed by atoms with Gasteiger partial charge in [-0.15, -0.1) is 11.3 Å². The first-order valence-corrected chi connectivity index (χ1v) is 20.7. The summed E-state index contributed by atoms with van der Waals surface area (Å²) in [5.74, 6) is 0. The molecule has 0 atom stereocenters. The van der Waals surface area contributed by atoms with Crippen LogP contribution in [0.2, 0.25) is 0 Å². The van der Waals surface area contributed by atoms with Gasteiger partial charge in [0.1, 0.15) is 5.58 Å². The van der Waals surface area contributed by atoms with E-state index >= 15 is 0 Å². The third-order valence-corrected chi connectivity index (χ3v) is 14.4. The van der Waals surface area contributed by atoms with E-state index in [-0.39, 0.29) is 10.8 Å². The van der Waals surface area contributed by atoms with Crippen LogP contribution in [0.15, 0.2) is 126 Å². The molecule has 0 fully saturated rings. The van der Waals surface area contributed by atoms with Crippen LogP contribution in [0.5, 0.6) is 0 Å². The zero-order valence-corrected chi connectivity index (χ0v) is 33.1. The SMILES string of the molecule is Cc1cc2c(cc1N1c3cc4ccccc4c(-c4cccc5c4[nH]c4oc6ccccc6c45)c3[B]c3ccc4c(sc5ccccc54)c31)C(C)(C)CCC2(C)C. The lowest BCUT2D eigenvalue weighted by Gasteiger charge is -2.44. The van der Waals surface area contributed by atoms with Crippen molar-refractivity contribution in [3.8, 4) is 11.1 Å². The molecule has 5 heteroatoms. The van der Waals surface area contributed by atoms with E-state index in [4.69, 9.17) is 4.42 Å². The second-order valence-corrected chi connectivity index (χ2v) is 18.5. The highest BCUT2D eigenvalue weighted by molar-refractivity contribution is 7.26. The third kappa shape index (κ3) is 4.35. The van der Waals surface area contributed by atoms with E-state index in [9.17, 15) is 0 Å². The smallest absolute Gasteiger partial charge is 0.206 e. The van der Waals surface area contributed by atoms with Gasteiger partial charge in [0.05, 0.1) is 21.3 Å². The quantitative estimate of drug-likeness (QED) is 0.179. The third-order valence-electron chi connectivity index (χ3n) is 13.2. The molecule has 269 valence electrons. The van der Waals surface area contributed by atoms with E-state index in [1.807, 2.05) is 17.4 Å². The van der Waals surface area contributed by atoms with Crippen LogP contribution in [0.4, 0.5) is 17.1 Å². The fraction of sp³-hybridized carbons (Fsp3) is 0.176. The first-order chi connectivity index (χ1) is 27.2. The number of furan rings is 1. The average molecular weight is 740 g/mol. The van der Waals surface area contributed by atoms with Gasteiger partial charge in [-0.2, -0.15) is 0 Å². The molecule has 1 aliphatic heterocycles. The minimum absolute atomic E-state index is 0.0728. The number of nitrogens with one attached hydrogen (secondary N) is 1. The molecule has 12 rings (SSSR count). The zero-order valence-electron chi connectivity index (χ0n) is 32.3. The van der Waals surface area contributed by atoms with E-state index in [1.165, 1.54) is 105 Å². The fourth-order valence-corrected chi connectivity index (χ4v) is 11.5. The molecule has 2 aliphatic rings. The number of rotatable bonds is 2. The molecule has 7 aromatic carbocycles. The zero-order chi connectivity index (χ0) is 37.7. The molecule has 0 amide bonds. The Hall–Kier alpha value is -5.78. The maximum atomic E-state index is 6.44. The van der Waals surface area contributed by atoms with Crippen LogP contribution < -0.4 is 15.8 Å². The van der Waals surface area contributed by atoms with Crippen LogP contribution in [0, 0.1) is 6.92 Å². The summed E-state index contributed by atoms with van der Waals surface area (Å²) < 4.78 is 9.09. The Balaban J connectivity index is 1.21. The Bertz CT molecular complexity index is 3320. The highest BCUT2D eigenvalue weighted by Crippen LogP contribution is 2.52. The van der Waals surface area contributed by atoms with Crippen LogP contribution >= 0.6 is 11.3 Å². The van der Waals surface area contributed by atoms with Crippen molar-refractivity contribution >= 4 is 111 Å². The first kappa shape index (κ1) is 32.5. The molecular weight excluding hydrogens is 699 g/mol. The Kier molecular flexibility index (Phi) is 6.48. The van der Waals surface area contributed by atoms with E-state index in [1.54, 1.807) is 0 Å². The van der Waals surface area contributed by atoms with Crippen molar-refractivity contribution < 1.29 is 4.42 Å². The van der Waals surface area contributed by atoms with Gasteiger partial charge in [0.15, 0.2) is 7.28 Å². The number of H-pyrrole nitrogens is 1. The van der Waals surface area contributed by atoms with Crippen molar-refractivity contribution in [1.29, 1.82) is 0 Å². The lowest BCUT2D eigenvalue weighted by molar-refractivity contribution is 0.332. The van der Waals surface area contributed by atoms with Gasteiger partial charge in [-0.05, 0) is 93.3 Å². The van der Waals surface area contributed by atoms with Crippen LogP contribution in [-0.4, -0.2) is 12.3 Å². The molecule has 4 heterocycles. The van der Waals surface area contributed by atoms with Gasteiger partial charge in [-0.1, -0.05) is 130 Å². The molecule has 1 aliphatic carbocycles. The average Bonchev–Trinajstić information content (AvgIpc) is 3.88. The highest BCUT2D eigenvalue weighted by Gasteiger charge is 2.39. The number of thiophene rings is 1. The summed E-state index contributed by atoms with van der Waals surface area (Å²) in [6.45, 7) is 12.1. The van der Waals surface area contributed by atoms with Crippen molar-refractivity contribution in [3.63, 3.8) is 0 Å². The molecule has 10 aromatic rings. The molecule has 0 saturated carbocycles. The fourth-order valence-electron chi connectivity index (χ4n) is 10.2. The van der Waals surface area contributed by atoms with Gasteiger partial charge in [0.25, 0.3) is 0 Å². The van der Waals surface area contributed by atoms with Crippen molar-refractivity contribution in [1.82, 2.24) is 4.98 Å². The van der Waals surface area contributed by atoms with Gasteiger partial charge in [-0.25, -0.2) is 0 Å². The Morgan fingerprint density at radius 3 is 2.23 bits per heavy atom. The largest absolute Gasteiger partial charge is 0.440 e. The number of fused-ring (bicyclic) bond motifs is 13. The number of aromatic amines is 1.